The number of benzene rings is 2. The lowest BCUT2D eigenvalue weighted by Gasteiger charge is -2.13. The summed E-state index contributed by atoms with van der Waals surface area (Å²) < 4.78 is 5.22. The molecule has 0 radical (unpaired) electrons. The average molecular weight is 444 g/mol. The van der Waals surface area contributed by atoms with Gasteiger partial charge >= 0.3 is 0 Å². The van der Waals surface area contributed by atoms with Crippen LogP contribution in [0.25, 0.3) is 11.3 Å². The van der Waals surface area contributed by atoms with E-state index in [2.05, 4.69) is 10.6 Å². The second-order valence-electron chi connectivity index (χ2n) is 7.06. The number of aromatic nitrogens is 1. The molecule has 2 aromatic carbocycles. The van der Waals surface area contributed by atoms with Crippen LogP contribution < -0.4 is 15.4 Å². The molecule has 1 heterocycles. The van der Waals surface area contributed by atoms with Crippen molar-refractivity contribution in [3.8, 4) is 17.0 Å². The van der Waals surface area contributed by atoms with Crippen LogP contribution in [0, 0.1) is 0 Å². The minimum Gasteiger partial charge on any atom is -0.497 e. The highest BCUT2D eigenvalue weighted by atomic mass is 35.5. The fourth-order valence-electron chi connectivity index (χ4n) is 3.11. The lowest BCUT2D eigenvalue weighted by Crippen LogP contribution is -2.16. The Kier molecular flexibility index (Phi) is 6.22. The fraction of sp³-hybridized carbons (Fsp3) is 0.273. The lowest BCUT2D eigenvalue weighted by molar-refractivity contribution is 0.102. The third-order valence-corrected chi connectivity index (χ3v) is 6.17. The smallest absolute Gasteiger partial charge is 0.257 e. The maximum Gasteiger partial charge on any atom is 0.257 e. The van der Waals surface area contributed by atoms with Gasteiger partial charge in [0, 0.05) is 35.2 Å². The van der Waals surface area contributed by atoms with Crippen LogP contribution in [0.2, 0.25) is 5.02 Å². The summed E-state index contributed by atoms with van der Waals surface area (Å²) in [6, 6.07) is 10.5. The van der Waals surface area contributed by atoms with Crippen LogP contribution in [0.4, 0.5) is 11.4 Å². The molecule has 1 aliphatic rings. The van der Waals surface area contributed by atoms with Crippen molar-refractivity contribution in [2.45, 2.75) is 18.8 Å². The molecule has 1 saturated carbocycles. The van der Waals surface area contributed by atoms with E-state index in [0.29, 0.717) is 40.2 Å². The number of nitrogens with zero attached hydrogens (tertiary/aromatic N) is 1. The Morgan fingerprint density at radius 3 is 2.83 bits per heavy atom. The molecule has 1 fully saturated rings. The molecule has 0 spiro atoms. The molecule has 8 heteroatoms. The molecule has 0 saturated heterocycles. The Labute approximate surface area is 183 Å². The Morgan fingerprint density at radius 1 is 1.30 bits per heavy atom. The quantitative estimate of drug-likeness (QED) is 0.456. The Bertz CT molecular complexity index is 1070. The molecule has 0 aliphatic heterocycles. The van der Waals surface area contributed by atoms with Gasteiger partial charge in [-0.05, 0) is 43.2 Å². The summed E-state index contributed by atoms with van der Waals surface area (Å²) in [7, 11) is 1.56. The summed E-state index contributed by atoms with van der Waals surface area (Å²) in [5.41, 5.74) is 3.34. The summed E-state index contributed by atoms with van der Waals surface area (Å²) >= 11 is 8.17. The van der Waals surface area contributed by atoms with Gasteiger partial charge in [0.2, 0.25) is 0 Å². The van der Waals surface area contributed by atoms with Crippen LogP contribution in [0.1, 0.15) is 34.1 Å². The number of carbonyl (C=O) groups excluding carboxylic acids is 1. The Morgan fingerprint density at radius 2 is 2.13 bits per heavy atom. The predicted molar refractivity (Wildman–Crippen MR) is 121 cm³/mol. The second-order valence-corrected chi connectivity index (χ2v) is 8.35. The first kappa shape index (κ1) is 20.7. The number of halogens is 1. The van der Waals surface area contributed by atoms with Crippen molar-refractivity contribution >= 4 is 40.2 Å². The molecule has 156 valence electrons. The molecule has 1 amide bonds. The first-order chi connectivity index (χ1) is 14.6. The van der Waals surface area contributed by atoms with Crippen molar-refractivity contribution < 1.29 is 14.6 Å². The molecule has 0 atom stereocenters. The van der Waals surface area contributed by atoms with Gasteiger partial charge in [-0.3, -0.25) is 4.79 Å². The number of nitrogens with one attached hydrogen (secondary N) is 2. The van der Waals surface area contributed by atoms with Gasteiger partial charge < -0.3 is 20.5 Å². The number of thiazole rings is 1. The maximum atomic E-state index is 12.8. The van der Waals surface area contributed by atoms with Gasteiger partial charge in [0.05, 0.1) is 40.7 Å². The number of anilines is 2. The molecule has 4 rings (SSSR count). The minimum absolute atomic E-state index is 0.0472. The largest absolute Gasteiger partial charge is 0.497 e. The molecule has 1 aliphatic carbocycles. The van der Waals surface area contributed by atoms with Gasteiger partial charge in [0.25, 0.3) is 5.91 Å². The topological polar surface area (TPSA) is 83.5 Å². The third-order valence-electron chi connectivity index (χ3n) is 4.85. The van der Waals surface area contributed by atoms with Gasteiger partial charge in [-0.25, -0.2) is 4.98 Å². The molecule has 30 heavy (non-hydrogen) atoms. The van der Waals surface area contributed by atoms with Crippen LogP contribution in [0.5, 0.6) is 5.75 Å². The Balaban J connectivity index is 1.52. The molecule has 6 nitrogen and oxygen atoms in total. The van der Waals surface area contributed by atoms with E-state index >= 15 is 0 Å². The second kappa shape index (κ2) is 9.04. The van der Waals surface area contributed by atoms with Crippen LogP contribution in [-0.2, 0) is 0 Å². The van der Waals surface area contributed by atoms with E-state index in [1.807, 2.05) is 17.5 Å². The van der Waals surface area contributed by atoms with Crippen molar-refractivity contribution in [2.75, 3.05) is 30.9 Å². The van der Waals surface area contributed by atoms with Crippen molar-refractivity contribution in [3.63, 3.8) is 0 Å². The number of ether oxygens (including phenoxy) is 1. The van der Waals surface area contributed by atoms with Gasteiger partial charge in [-0.1, -0.05) is 11.6 Å². The van der Waals surface area contributed by atoms with E-state index < -0.39 is 0 Å². The van der Waals surface area contributed by atoms with Gasteiger partial charge in [0.1, 0.15) is 5.75 Å². The van der Waals surface area contributed by atoms with E-state index in [4.69, 9.17) is 26.4 Å². The normalized spacial score (nSPS) is 13.2. The number of aliphatic hydroxyl groups is 1. The van der Waals surface area contributed by atoms with Crippen molar-refractivity contribution in [1.82, 2.24) is 4.98 Å². The molecular formula is C22H22ClN3O3S. The van der Waals surface area contributed by atoms with Crippen LogP contribution in [0.15, 0.2) is 41.8 Å². The molecule has 3 aromatic rings. The summed E-state index contributed by atoms with van der Waals surface area (Å²) in [6.45, 7) is 0.277. The number of hydrogen-bond donors (Lipinski definition) is 3. The number of amides is 1. The highest BCUT2D eigenvalue weighted by Crippen LogP contribution is 2.43. The predicted octanol–water partition coefficient (Wildman–Crippen LogP) is 5.01. The molecule has 0 bridgehead atoms. The van der Waals surface area contributed by atoms with E-state index in [0.717, 1.165) is 11.3 Å². The maximum absolute atomic E-state index is 12.8. The van der Waals surface area contributed by atoms with Gasteiger partial charge in [-0.15, -0.1) is 11.3 Å². The number of hydrogen-bond acceptors (Lipinski definition) is 6. The standard InChI is InChI=1S/C22H22ClN3O3S/c1-29-15-5-7-17(19(11-15)24-8-9-27)21(28)25-14-4-6-16(18(23)10-14)20-12-30-22(26-20)13-2-3-13/h4-7,10-13,24,27H,2-3,8-9H2,1H3,(H,25,28). The molecular weight excluding hydrogens is 422 g/mol. The van der Waals surface area contributed by atoms with Crippen molar-refractivity contribution in [3.05, 3.63) is 57.4 Å². The number of rotatable bonds is 8. The Hall–Kier alpha value is -2.61. The minimum atomic E-state index is -0.286. The zero-order chi connectivity index (χ0) is 21.1. The van der Waals surface area contributed by atoms with Crippen LogP contribution in [-0.4, -0.2) is 36.3 Å². The SMILES string of the molecule is COc1ccc(C(=O)Nc2ccc(-c3csc(C4CC4)n3)c(Cl)c2)c(NCCO)c1. The average Bonchev–Trinajstić information content (AvgIpc) is 3.49. The number of methoxy groups -OCH3 is 1. The number of carbonyl (C=O) groups is 1. The van der Waals surface area contributed by atoms with E-state index in [9.17, 15) is 4.79 Å². The first-order valence-electron chi connectivity index (χ1n) is 9.68. The van der Waals surface area contributed by atoms with Crippen LogP contribution >= 0.6 is 22.9 Å². The molecule has 1 aromatic heterocycles. The zero-order valence-electron chi connectivity index (χ0n) is 16.4. The summed E-state index contributed by atoms with van der Waals surface area (Å²) in [5, 5.41) is 18.7. The zero-order valence-corrected chi connectivity index (χ0v) is 18.0. The van der Waals surface area contributed by atoms with Crippen molar-refractivity contribution in [2.24, 2.45) is 0 Å². The van der Waals surface area contributed by atoms with Gasteiger partial charge in [-0.2, -0.15) is 0 Å². The number of aliphatic hydroxyl groups excluding tert-OH is 1. The monoisotopic (exact) mass is 443 g/mol. The summed E-state index contributed by atoms with van der Waals surface area (Å²) in [5.74, 6) is 0.944. The molecule has 3 N–H and O–H groups in total. The van der Waals surface area contributed by atoms with E-state index in [-0.39, 0.29) is 12.5 Å². The summed E-state index contributed by atoms with van der Waals surface area (Å²) in [6.07, 6.45) is 2.43. The highest BCUT2D eigenvalue weighted by Gasteiger charge is 2.27. The van der Waals surface area contributed by atoms with Crippen molar-refractivity contribution in [1.29, 1.82) is 0 Å². The van der Waals surface area contributed by atoms with Crippen LogP contribution in [0.3, 0.4) is 0 Å². The summed E-state index contributed by atoms with van der Waals surface area (Å²) in [4.78, 5) is 17.5. The third kappa shape index (κ3) is 4.59. The highest BCUT2D eigenvalue weighted by molar-refractivity contribution is 7.10. The van der Waals surface area contributed by atoms with Gasteiger partial charge in [0.15, 0.2) is 0 Å². The van der Waals surface area contributed by atoms with E-state index in [1.165, 1.54) is 17.8 Å². The molecule has 0 unspecified atom stereocenters. The first-order valence-corrected chi connectivity index (χ1v) is 10.9. The van der Waals surface area contributed by atoms with E-state index in [1.54, 1.807) is 42.7 Å². The fourth-order valence-corrected chi connectivity index (χ4v) is 4.38. The lowest BCUT2D eigenvalue weighted by atomic mass is 10.1.